The Labute approximate surface area is 74.9 Å². The number of hydrogen-bond donors (Lipinski definition) is 0. The van der Waals surface area contributed by atoms with Crippen molar-refractivity contribution in [3.05, 3.63) is 12.2 Å². The lowest BCUT2D eigenvalue weighted by molar-refractivity contribution is -0.121. The van der Waals surface area contributed by atoms with Crippen LogP contribution in [-0.2, 0) is 4.79 Å². The lowest BCUT2D eigenvalue weighted by Crippen LogP contribution is -2.14. The molecule has 68 valence electrons. The Morgan fingerprint density at radius 1 is 1.67 bits per heavy atom. The first-order valence-electron chi connectivity index (χ1n) is 4.82. The number of carbonyl (C=O) groups is 1. The van der Waals surface area contributed by atoms with Crippen LogP contribution < -0.4 is 0 Å². The minimum atomic E-state index is 0.299. The number of carbonyl (C=O) groups excluding carboxylic acids is 1. The fourth-order valence-electron chi connectivity index (χ4n) is 2.12. The van der Waals surface area contributed by atoms with Crippen LogP contribution in [0.4, 0.5) is 0 Å². The fourth-order valence-corrected chi connectivity index (χ4v) is 2.12. The smallest absolute Gasteiger partial charge is 0.136 e. The quantitative estimate of drug-likeness (QED) is 0.589. The summed E-state index contributed by atoms with van der Waals surface area (Å²) in [5.74, 6) is 1.39. The van der Waals surface area contributed by atoms with Crippen molar-refractivity contribution in [1.82, 2.24) is 0 Å². The Hall–Kier alpha value is -0.590. The average Bonchev–Trinajstić information content (AvgIpc) is 2.32. The van der Waals surface area contributed by atoms with Gasteiger partial charge in [0, 0.05) is 12.3 Å². The molecule has 0 aromatic rings. The van der Waals surface area contributed by atoms with Crippen molar-refractivity contribution in [2.75, 3.05) is 0 Å². The maximum Gasteiger partial charge on any atom is 0.136 e. The molecular formula is C11H18O. The van der Waals surface area contributed by atoms with Crippen LogP contribution in [0.1, 0.15) is 39.5 Å². The third kappa shape index (κ3) is 1.96. The molecule has 0 heterocycles. The van der Waals surface area contributed by atoms with Crippen LogP contribution in [0.25, 0.3) is 0 Å². The van der Waals surface area contributed by atoms with Crippen molar-refractivity contribution in [3.63, 3.8) is 0 Å². The van der Waals surface area contributed by atoms with Gasteiger partial charge < -0.3 is 0 Å². The molecule has 0 radical (unpaired) electrons. The SMILES string of the molecule is C=C(C)C[C@H]1C(=O)CC[C@@H]1CC. The molecule has 0 aromatic carbocycles. The molecule has 1 nitrogen and oxygen atoms in total. The van der Waals surface area contributed by atoms with Crippen LogP contribution in [0.15, 0.2) is 12.2 Å². The number of rotatable bonds is 3. The van der Waals surface area contributed by atoms with E-state index in [2.05, 4.69) is 13.5 Å². The van der Waals surface area contributed by atoms with Crippen LogP contribution >= 0.6 is 0 Å². The van der Waals surface area contributed by atoms with Gasteiger partial charge in [0.25, 0.3) is 0 Å². The van der Waals surface area contributed by atoms with E-state index in [0.717, 1.165) is 31.3 Å². The molecule has 0 saturated heterocycles. The normalized spacial score (nSPS) is 29.3. The predicted molar refractivity (Wildman–Crippen MR) is 50.9 cm³/mol. The van der Waals surface area contributed by atoms with Gasteiger partial charge in [-0.2, -0.15) is 0 Å². The second-order valence-electron chi connectivity index (χ2n) is 3.94. The van der Waals surface area contributed by atoms with E-state index in [9.17, 15) is 4.79 Å². The second-order valence-corrected chi connectivity index (χ2v) is 3.94. The van der Waals surface area contributed by atoms with Gasteiger partial charge in [0.15, 0.2) is 0 Å². The number of allylic oxidation sites excluding steroid dienone is 1. The van der Waals surface area contributed by atoms with Gasteiger partial charge in [-0.15, -0.1) is 6.58 Å². The van der Waals surface area contributed by atoms with E-state index in [0.29, 0.717) is 17.6 Å². The van der Waals surface area contributed by atoms with E-state index in [-0.39, 0.29) is 0 Å². The molecule has 1 saturated carbocycles. The number of ketones is 1. The lowest BCUT2D eigenvalue weighted by atomic mass is 9.88. The van der Waals surface area contributed by atoms with Crippen molar-refractivity contribution in [1.29, 1.82) is 0 Å². The van der Waals surface area contributed by atoms with Gasteiger partial charge in [-0.05, 0) is 25.7 Å². The Morgan fingerprint density at radius 3 is 2.83 bits per heavy atom. The largest absolute Gasteiger partial charge is 0.299 e. The van der Waals surface area contributed by atoms with Crippen LogP contribution in [0.3, 0.4) is 0 Å². The molecular weight excluding hydrogens is 148 g/mol. The molecule has 0 bridgehead atoms. The van der Waals surface area contributed by atoms with E-state index < -0.39 is 0 Å². The zero-order chi connectivity index (χ0) is 9.14. The van der Waals surface area contributed by atoms with Crippen LogP contribution in [-0.4, -0.2) is 5.78 Å². The highest BCUT2D eigenvalue weighted by molar-refractivity contribution is 5.83. The van der Waals surface area contributed by atoms with E-state index in [1.54, 1.807) is 0 Å². The second kappa shape index (κ2) is 3.88. The van der Waals surface area contributed by atoms with Crippen molar-refractivity contribution < 1.29 is 4.79 Å². The standard InChI is InChI=1S/C11H18O/c1-4-9-5-6-11(12)10(9)7-8(2)3/h9-10H,2,4-7H2,1,3H3/t9-,10+/m0/s1. The van der Waals surface area contributed by atoms with Crippen molar-refractivity contribution >= 4 is 5.78 Å². The topological polar surface area (TPSA) is 17.1 Å². The molecule has 1 heteroatoms. The first-order valence-corrected chi connectivity index (χ1v) is 4.82. The minimum absolute atomic E-state index is 0.299. The molecule has 0 unspecified atom stereocenters. The molecule has 0 aliphatic heterocycles. The van der Waals surface area contributed by atoms with Gasteiger partial charge >= 0.3 is 0 Å². The summed E-state index contributed by atoms with van der Waals surface area (Å²) in [5.41, 5.74) is 1.15. The zero-order valence-corrected chi connectivity index (χ0v) is 8.10. The summed E-state index contributed by atoms with van der Waals surface area (Å²) in [5, 5.41) is 0. The third-order valence-electron chi connectivity index (χ3n) is 2.84. The van der Waals surface area contributed by atoms with Crippen LogP contribution in [0.2, 0.25) is 0 Å². The molecule has 1 aliphatic carbocycles. The van der Waals surface area contributed by atoms with E-state index in [1.165, 1.54) is 0 Å². The van der Waals surface area contributed by atoms with Crippen molar-refractivity contribution in [3.8, 4) is 0 Å². The third-order valence-corrected chi connectivity index (χ3v) is 2.84. The first kappa shape index (κ1) is 9.50. The summed E-state index contributed by atoms with van der Waals surface area (Å²) in [6.07, 6.45) is 3.96. The monoisotopic (exact) mass is 166 g/mol. The first-order chi connectivity index (χ1) is 5.65. The number of Topliss-reactive ketones (excluding diaryl/α,β-unsaturated/α-hetero) is 1. The Balaban J connectivity index is 2.57. The van der Waals surface area contributed by atoms with Gasteiger partial charge in [0.2, 0.25) is 0 Å². The summed E-state index contributed by atoms with van der Waals surface area (Å²) in [6, 6.07) is 0. The summed E-state index contributed by atoms with van der Waals surface area (Å²) >= 11 is 0. The molecule has 12 heavy (non-hydrogen) atoms. The lowest BCUT2D eigenvalue weighted by Gasteiger charge is -2.15. The fraction of sp³-hybridized carbons (Fsp3) is 0.727. The highest BCUT2D eigenvalue weighted by atomic mass is 16.1. The molecule has 1 rings (SSSR count). The molecule has 0 spiro atoms. The van der Waals surface area contributed by atoms with Crippen molar-refractivity contribution in [2.45, 2.75) is 39.5 Å². The highest BCUT2D eigenvalue weighted by Gasteiger charge is 2.32. The molecule has 0 N–H and O–H groups in total. The zero-order valence-electron chi connectivity index (χ0n) is 8.10. The molecule has 1 aliphatic rings. The van der Waals surface area contributed by atoms with Gasteiger partial charge in [-0.1, -0.05) is 18.9 Å². The molecule has 2 atom stereocenters. The average molecular weight is 166 g/mol. The molecule has 1 fully saturated rings. The van der Waals surface area contributed by atoms with Crippen LogP contribution in [0, 0.1) is 11.8 Å². The summed E-state index contributed by atoms with van der Waals surface area (Å²) in [4.78, 5) is 11.4. The van der Waals surface area contributed by atoms with Gasteiger partial charge in [0.1, 0.15) is 5.78 Å². The predicted octanol–water partition coefficient (Wildman–Crippen LogP) is 2.96. The minimum Gasteiger partial charge on any atom is -0.299 e. The molecule has 0 aromatic heterocycles. The Morgan fingerprint density at radius 2 is 2.33 bits per heavy atom. The maximum atomic E-state index is 11.4. The van der Waals surface area contributed by atoms with E-state index >= 15 is 0 Å². The highest BCUT2D eigenvalue weighted by Crippen LogP contribution is 2.34. The summed E-state index contributed by atoms with van der Waals surface area (Å²) in [6.45, 7) is 8.06. The Kier molecular flexibility index (Phi) is 3.07. The Bertz CT molecular complexity index is 193. The maximum absolute atomic E-state index is 11.4. The van der Waals surface area contributed by atoms with E-state index in [1.807, 2.05) is 6.92 Å². The summed E-state index contributed by atoms with van der Waals surface area (Å²) in [7, 11) is 0. The number of hydrogen-bond acceptors (Lipinski definition) is 1. The van der Waals surface area contributed by atoms with Gasteiger partial charge in [-0.3, -0.25) is 4.79 Å². The van der Waals surface area contributed by atoms with Crippen molar-refractivity contribution in [2.24, 2.45) is 11.8 Å². The van der Waals surface area contributed by atoms with E-state index in [4.69, 9.17) is 0 Å². The summed E-state index contributed by atoms with van der Waals surface area (Å²) < 4.78 is 0. The molecule has 0 amide bonds. The van der Waals surface area contributed by atoms with Gasteiger partial charge in [-0.25, -0.2) is 0 Å². The van der Waals surface area contributed by atoms with Gasteiger partial charge in [0.05, 0.1) is 0 Å². The van der Waals surface area contributed by atoms with Crippen LogP contribution in [0.5, 0.6) is 0 Å².